The van der Waals surface area contributed by atoms with Gasteiger partial charge in [-0.1, -0.05) is 12.1 Å². The van der Waals surface area contributed by atoms with E-state index in [1.807, 2.05) is 19.9 Å². The van der Waals surface area contributed by atoms with Crippen LogP contribution in [0.4, 0.5) is 5.69 Å². The first kappa shape index (κ1) is 11.6. The van der Waals surface area contributed by atoms with Crippen LogP contribution in [-0.4, -0.2) is 23.8 Å². The number of hydrogen-bond donors (Lipinski definition) is 1. The molecule has 0 radical (unpaired) electrons. The summed E-state index contributed by atoms with van der Waals surface area (Å²) < 4.78 is 0. The predicted molar refractivity (Wildman–Crippen MR) is 66.4 cm³/mol. The topological polar surface area (TPSA) is 67.5 Å². The van der Waals surface area contributed by atoms with Gasteiger partial charge in [0.25, 0.3) is 5.69 Å². The van der Waals surface area contributed by atoms with Crippen LogP contribution in [0.3, 0.4) is 0 Å². The van der Waals surface area contributed by atoms with Gasteiger partial charge in [0.15, 0.2) is 0 Å². The van der Waals surface area contributed by atoms with E-state index in [1.54, 1.807) is 12.1 Å². The largest absolute Gasteiger partial charge is 0.371 e. The van der Waals surface area contributed by atoms with Crippen molar-refractivity contribution in [3.05, 3.63) is 39.9 Å². The third-order valence-electron chi connectivity index (χ3n) is 3.04. The van der Waals surface area contributed by atoms with Gasteiger partial charge in [-0.05, 0) is 19.4 Å². The zero-order valence-electron chi connectivity index (χ0n) is 9.93. The smallest absolute Gasteiger partial charge is 0.269 e. The van der Waals surface area contributed by atoms with Crippen molar-refractivity contribution in [2.75, 3.05) is 13.1 Å². The third kappa shape index (κ3) is 2.13. The number of amidine groups is 1. The molecule has 0 amide bonds. The molecule has 0 spiro atoms. The van der Waals surface area contributed by atoms with E-state index in [0.717, 1.165) is 24.5 Å². The van der Waals surface area contributed by atoms with Gasteiger partial charge < -0.3 is 5.32 Å². The Kier molecular flexibility index (Phi) is 2.83. The van der Waals surface area contributed by atoms with E-state index in [-0.39, 0.29) is 16.0 Å². The Morgan fingerprint density at radius 2 is 2.24 bits per heavy atom. The zero-order valence-corrected chi connectivity index (χ0v) is 9.93. The Balaban J connectivity index is 2.38. The Morgan fingerprint density at radius 1 is 1.47 bits per heavy atom. The maximum Gasteiger partial charge on any atom is 0.269 e. The molecule has 0 aliphatic carbocycles. The van der Waals surface area contributed by atoms with Crippen LogP contribution in [0.2, 0.25) is 0 Å². The van der Waals surface area contributed by atoms with Gasteiger partial charge in [0, 0.05) is 24.1 Å². The fraction of sp³-hybridized carbons (Fsp3) is 0.417. The summed E-state index contributed by atoms with van der Waals surface area (Å²) >= 11 is 0. The molecular formula is C12H15N3O2. The van der Waals surface area contributed by atoms with E-state index in [0.29, 0.717) is 0 Å². The van der Waals surface area contributed by atoms with E-state index in [2.05, 4.69) is 10.3 Å². The highest BCUT2D eigenvalue weighted by atomic mass is 16.6. The number of aliphatic imine (C=N–C) groups is 1. The van der Waals surface area contributed by atoms with Crippen molar-refractivity contribution in [2.45, 2.75) is 19.3 Å². The van der Waals surface area contributed by atoms with E-state index < -0.39 is 0 Å². The van der Waals surface area contributed by atoms with Crippen molar-refractivity contribution in [3.63, 3.8) is 0 Å². The van der Waals surface area contributed by atoms with Gasteiger partial charge in [0.2, 0.25) is 0 Å². The lowest BCUT2D eigenvalue weighted by atomic mass is 9.83. The minimum absolute atomic E-state index is 0.120. The van der Waals surface area contributed by atoms with Crippen LogP contribution in [0.1, 0.15) is 19.4 Å². The Bertz CT molecular complexity index is 480. The molecule has 1 N–H and O–H groups in total. The maximum absolute atomic E-state index is 10.8. The SMILES string of the molecule is CC(C)(C1=NCCN1)c1cccc([N+](=O)[O-])c1. The molecular weight excluding hydrogens is 218 g/mol. The summed E-state index contributed by atoms with van der Waals surface area (Å²) in [4.78, 5) is 14.8. The quantitative estimate of drug-likeness (QED) is 0.640. The summed E-state index contributed by atoms with van der Waals surface area (Å²) in [5.74, 6) is 0.901. The van der Waals surface area contributed by atoms with Gasteiger partial charge >= 0.3 is 0 Å². The summed E-state index contributed by atoms with van der Waals surface area (Å²) in [6.07, 6.45) is 0. The highest BCUT2D eigenvalue weighted by Crippen LogP contribution is 2.28. The third-order valence-corrected chi connectivity index (χ3v) is 3.04. The van der Waals surface area contributed by atoms with Crippen LogP contribution in [0, 0.1) is 10.1 Å². The van der Waals surface area contributed by atoms with Crippen LogP contribution >= 0.6 is 0 Å². The first-order valence-electron chi connectivity index (χ1n) is 5.55. The number of non-ortho nitro benzene ring substituents is 1. The highest BCUT2D eigenvalue weighted by Gasteiger charge is 2.30. The fourth-order valence-corrected chi connectivity index (χ4v) is 1.96. The lowest BCUT2D eigenvalue weighted by Gasteiger charge is -2.25. The summed E-state index contributed by atoms with van der Waals surface area (Å²) in [6, 6.07) is 6.73. The number of rotatable bonds is 3. The van der Waals surface area contributed by atoms with Gasteiger partial charge in [-0.15, -0.1) is 0 Å². The van der Waals surface area contributed by atoms with E-state index in [4.69, 9.17) is 0 Å². The first-order valence-corrected chi connectivity index (χ1v) is 5.55. The molecule has 1 aromatic rings. The van der Waals surface area contributed by atoms with Crippen LogP contribution in [0.15, 0.2) is 29.3 Å². The molecule has 2 rings (SSSR count). The molecule has 1 aromatic carbocycles. The lowest BCUT2D eigenvalue weighted by molar-refractivity contribution is -0.384. The van der Waals surface area contributed by atoms with E-state index in [1.165, 1.54) is 6.07 Å². The Hall–Kier alpha value is -1.91. The minimum atomic E-state index is -0.372. The monoisotopic (exact) mass is 233 g/mol. The van der Waals surface area contributed by atoms with Crippen molar-refractivity contribution in [2.24, 2.45) is 4.99 Å². The van der Waals surface area contributed by atoms with Crippen molar-refractivity contribution in [3.8, 4) is 0 Å². The molecule has 1 heterocycles. The Morgan fingerprint density at radius 3 is 2.82 bits per heavy atom. The van der Waals surface area contributed by atoms with E-state index in [9.17, 15) is 10.1 Å². The second-order valence-electron chi connectivity index (χ2n) is 4.59. The van der Waals surface area contributed by atoms with Crippen molar-refractivity contribution < 1.29 is 4.92 Å². The van der Waals surface area contributed by atoms with Gasteiger partial charge in [0.1, 0.15) is 5.84 Å². The van der Waals surface area contributed by atoms with E-state index >= 15 is 0 Å². The fourth-order valence-electron chi connectivity index (χ4n) is 1.96. The number of nitrogens with one attached hydrogen (secondary N) is 1. The summed E-state index contributed by atoms with van der Waals surface area (Å²) in [7, 11) is 0. The molecule has 90 valence electrons. The van der Waals surface area contributed by atoms with Crippen LogP contribution in [-0.2, 0) is 5.41 Å². The molecule has 0 aromatic heterocycles. The molecule has 5 nitrogen and oxygen atoms in total. The second kappa shape index (κ2) is 4.16. The van der Waals surface area contributed by atoms with Gasteiger partial charge in [-0.2, -0.15) is 0 Å². The standard InChI is InChI=1S/C12H15N3O2/c1-12(2,11-13-6-7-14-11)9-4-3-5-10(8-9)15(16)17/h3-5,8H,6-7H2,1-2H3,(H,13,14). The Labute approximate surface area is 99.7 Å². The second-order valence-corrected chi connectivity index (χ2v) is 4.59. The van der Waals surface area contributed by atoms with Gasteiger partial charge in [0.05, 0.1) is 11.5 Å². The molecule has 1 aliphatic heterocycles. The summed E-state index contributed by atoms with van der Waals surface area (Å²) in [5.41, 5.74) is 0.705. The van der Waals surface area contributed by atoms with Gasteiger partial charge in [-0.3, -0.25) is 15.1 Å². The average molecular weight is 233 g/mol. The average Bonchev–Trinajstić information content (AvgIpc) is 2.83. The zero-order chi connectivity index (χ0) is 12.5. The van der Waals surface area contributed by atoms with Crippen molar-refractivity contribution >= 4 is 11.5 Å². The molecule has 0 saturated heterocycles. The first-order chi connectivity index (χ1) is 8.01. The number of nitro groups is 1. The number of benzene rings is 1. The van der Waals surface area contributed by atoms with Crippen molar-refractivity contribution in [1.82, 2.24) is 5.32 Å². The molecule has 0 fully saturated rings. The molecule has 0 unspecified atom stereocenters. The summed E-state index contributed by atoms with van der Waals surface area (Å²) in [6.45, 7) is 5.65. The summed E-state index contributed by atoms with van der Waals surface area (Å²) in [5, 5.41) is 14.0. The van der Waals surface area contributed by atoms with Crippen LogP contribution in [0.25, 0.3) is 0 Å². The van der Waals surface area contributed by atoms with Crippen LogP contribution in [0.5, 0.6) is 0 Å². The van der Waals surface area contributed by atoms with Crippen LogP contribution < -0.4 is 5.32 Å². The molecule has 5 heteroatoms. The molecule has 0 atom stereocenters. The predicted octanol–water partition coefficient (Wildman–Crippen LogP) is 1.87. The maximum atomic E-state index is 10.8. The number of nitrogens with zero attached hydrogens (tertiary/aromatic N) is 2. The molecule has 0 saturated carbocycles. The van der Waals surface area contributed by atoms with Crippen molar-refractivity contribution in [1.29, 1.82) is 0 Å². The highest BCUT2D eigenvalue weighted by molar-refractivity contribution is 5.93. The minimum Gasteiger partial charge on any atom is -0.371 e. The molecule has 0 bridgehead atoms. The number of nitro benzene ring substituents is 1. The number of hydrogen-bond acceptors (Lipinski definition) is 4. The molecule has 17 heavy (non-hydrogen) atoms. The lowest BCUT2D eigenvalue weighted by Crippen LogP contribution is -2.37. The normalized spacial score (nSPS) is 15.3. The van der Waals surface area contributed by atoms with Gasteiger partial charge in [-0.25, -0.2) is 0 Å². The molecule has 1 aliphatic rings.